The van der Waals surface area contributed by atoms with Crippen molar-refractivity contribution in [2.45, 2.75) is 85.7 Å². The predicted molar refractivity (Wildman–Crippen MR) is 126 cm³/mol. The zero-order valence-corrected chi connectivity index (χ0v) is 22.4. The van der Waals surface area contributed by atoms with E-state index in [4.69, 9.17) is 4.74 Å². The number of ether oxygens (including phenoxy) is 1. The van der Waals surface area contributed by atoms with Crippen LogP contribution < -0.4 is 4.74 Å². The lowest BCUT2D eigenvalue weighted by atomic mass is 9.33. The Morgan fingerprint density at radius 3 is 1.56 bits per heavy atom. The monoisotopic (exact) mass is 519 g/mol. The molecule has 0 N–H and O–H groups in total. The smallest absolute Gasteiger partial charge is 0.421 e. The van der Waals surface area contributed by atoms with Crippen LogP contribution in [-0.4, -0.2) is 41.3 Å². The summed E-state index contributed by atoms with van der Waals surface area (Å²) in [6, 6.07) is 5.09. The number of halogens is 6. The van der Waals surface area contributed by atoms with Gasteiger partial charge in [-0.15, -0.1) is 0 Å². The fourth-order valence-corrected chi connectivity index (χ4v) is 6.57. The maximum Gasteiger partial charge on any atom is 0.421 e. The van der Waals surface area contributed by atoms with Gasteiger partial charge in [-0.1, -0.05) is 67.9 Å². The molecule has 0 spiro atoms. The average molecular weight is 520 g/mol. The van der Waals surface area contributed by atoms with Crippen LogP contribution in [0.5, 0.6) is 5.75 Å². The summed E-state index contributed by atoms with van der Waals surface area (Å²) in [6.45, 7) is 15.0. The molecule has 1 aliphatic carbocycles. The molecule has 2 aliphatic rings. The minimum atomic E-state index is -5.77. The van der Waals surface area contributed by atoms with Crippen LogP contribution in [0.2, 0.25) is 0 Å². The van der Waals surface area contributed by atoms with Crippen molar-refractivity contribution >= 4 is 5.91 Å². The van der Waals surface area contributed by atoms with Crippen LogP contribution in [0.15, 0.2) is 35.4 Å². The van der Waals surface area contributed by atoms with E-state index in [2.05, 4.69) is 0 Å². The van der Waals surface area contributed by atoms with Crippen molar-refractivity contribution in [3.8, 4) is 5.75 Å². The number of likely N-dealkylation sites (tertiary alicyclic amines) is 1. The van der Waals surface area contributed by atoms with Gasteiger partial charge >= 0.3 is 12.4 Å². The molecule has 3 nitrogen and oxygen atoms in total. The van der Waals surface area contributed by atoms with E-state index in [-0.39, 0.29) is 16.0 Å². The Balaban J connectivity index is 2.52. The van der Waals surface area contributed by atoms with Crippen LogP contribution in [0.4, 0.5) is 26.3 Å². The molecule has 0 unspecified atom stereocenters. The summed E-state index contributed by atoms with van der Waals surface area (Å²) < 4.78 is 94.7. The molecule has 3 rings (SSSR count). The minimum Gasteiger partial charge on any atom is -0.497 e. The largest absolute Gasteiger partial charge is 0.497 e. The van der Waals surface area contributed by atoms with Crippen molar-refractivity contribution in [3.63, 3.8) is 0 Å². The van der Waals surface area contributed by atoms with Gasteiger partial charge in [-0.05, 0) is 46.1 Å². The molecule has 0 aromatic heterocycles. The Morgan fingerprint density at radius 2 is 1.25 bits per heavy atom. The molecule has 1 aliphatic heterocycles. The first kappa shape index (κ1) is 28.4. The molecular weight excluding hydrogens is 484 g/mol. The van der Waals surface area contributed by atoms with E-state index in [0.29, 0.717) is 11.3 Å². The first-order valence-electron chi connectivity index (χ1n) is 11.8. The van der Waals surface area contributed by atoms with Crippen LogP contribution in [0.25, 0.3) is 0 Å². The zero-order valence-electron chi connectivity index (χ0n) is 22.4. The van der Waals surface area contributed by atoms with Crippen molar-refractivity contribution in [2.75, 3.05) is 7.11 Å². The second-order valence-electron chi connectivity index (χ2n) is 12.9. The Bertz CT molecular complexity index is 1060. The molecule has 1 fully saturated rings. The standard InChI is InChI=1S/C27H35F6NO2/c1-21(2,3)17-18(22(4,5)6)24(23(7,8)9)19(17)25(26(28,29)30,27(31,32)33)34(24)20(35)15-11-13-16(36-10)14-12-15/h11-14,19H,1-10H3/t19-,24+/m0/s1. The highest BCUT2D eigenvalue weighted by Gasteiger charge is 2.96. The summed E-state index contributed by atoms with van der Waals surface area (Å²) >= 11 is 0. The first-order valence-corrected chi connectivity index (χ1v) is 11.8. The van der Waals surface area contributed by atoms with Crippen molar-refractivity contribution in [3.05, 3.63) is 41.0 Å². The van der Waals surface area contributed by atoms with Gasteiger partial charge in [0.15, 0.2) is 0 Å². The lowest BCUT2D eigenvalue weighted by Crippen LogP contribution is -2.97. The van der Waals surface area contributed by atoms with Crippen LogP contribution in [0.1, 0.15) is 72.7 Å². The molecule has 9 heteroatoms. The lowest BCUT2D eigenvalue weighted by molar-refractivity contribution is -0.423. The summed E-state index contributed by atoms with van der Waals surface area (Å²) in [5.74, 6) is -2.96. The molecule has 202 valence electrons. The highest BCUT2D eigenvalue weighted by atomic mass is 19.4. The second kappa shape index (κ2) is 7.67. The number of carbonyl (C=O) groups is 1. The van der Waals surface area contributed by atoms with E-state index in [1.54, 1.807) is 62.3 Å². The molecule has 36 heavy (non-hydrogen) atoms. The normalized spacial score (nSPS) is 24.7. The lowest BCUT2D eigenvalue weighted by Gasteiger charge is -2.82. The van der Waals surface area contributed by atoms with Gasteiger partial charge in [-0.2, -0.15) is 26.3 Å². The minimum absolute atomic E-state index is 0.123. The topological polar surface area (TPSA) is 29.5 Å². The van der Waals surface area contributed by atoms with Crippen LogP contribution in [0.3, 0.4) is 0 Å². The maximum atomic E-state index is 14.9. The SMILES string of the molecule is COc1ccc(C(=O)N2C(C(F)(F)F)(C(F)(F)F)[C@H]3C(C(C)(C)C)=C(C(C)(C)C)[C@]32C(C)(C)C)cc1. The average Bonchev–Trinajstić information content (AvgIpc) is 2.62. The zero-order chi connectivity index (χ0) is 28.1. The van der Waals surface area contributed by atoms with Gasteiger partial charge in [-0.25, -0.2) is 0 Å². The van der Waals surface area contributed by atoms with E-state index in [0.717, 1.165) is 0 Å². The van der Waals surface area contributed by atoms with Crippen molar-refractivity contribution in [1.82, 2.24) is 4.90 Å². The van der Waals surface area contributed by atoms with Crippen LogP contribution >= 0.6 is 0 Å². The fraction of sp³-hybridized carbons (Fsp3) is 0.667. The van der Waals surface area contributed by atoms with Gasteiger partial charge in [-0.3, -0.25) is 4.79 Å². The van der Waals surface area contributed by atoms with Gasteiger partial charge in [0, 0.05) is 5.56 Å². The van der Waals surface area contributed by atoms with E-state index < -0.39 is 51.5 Å². The van der Waals surface area contributed by atoms with Gasteiger partial charge in [0.1, 0.15) is 5.75 Å². The van der Waals surface area contributed by atoms with E-state index in [1.807, 2.05) is 0 Å². The number of rotatable bonds is 2. The molecule has 0 radical (unpaired) electrons. The van der Waals surface area contributed by atoms with Crippen molar-refractivity contribution in [1.29, 1.82) is 0 Å². The van der Waals surface area contributed by atoms with E-state index in [9.17, 15) is 31.1 Å². The van der Waals surface area contributed by atoms with Gasteiger partial charge in [0.25, 0.3) is 5.91 Å². The Labute approximate surface area is 208 Å². The number of nitrogens with zero attached hydrogens (tertiary/aromatic N) is 1. The Morgan fingerprint density at radius 1 is 0.806 bits per heavy atom. The number of methoxy groups -OCH3 is 1. The number of benzene rings is 1. The molecule has 1 amide bonds. The number of fused-ring (bicyclic) bond motifs is 1. The highest BCUT2D eigenvalue weighted by molar-refractivity contribution is 5.98. The third kappa shape index (κ3) is 3.36. The quantitative estimate of drug-likeness (QED) is 0.295. The van der Waals surface area contributed by atoms with E-state index >= 15 is 0 Å². The Hall–Kier alpha value is -2.19. The number of hydrogen-bond acceptors (Lipinski definition) is 2. The second-order valence-corrected chi connectivity index (χ2v) is 12.9. The summed E-state index contributed by atoms with van der Waals surface area (Å²) in [7, 11) is 1.37. The van der Waals surface area contributed by atoms with Gasteiger partial charge < -0.3 is 9.64 Å². The number of alkyl halides is 6. The van der Waals surface area contributed by atoms with Crippen LogP contribution in [-0.2, 0) is 0 Å². The highest BCUT2D eigenvalue weighted by Crippen LogP contribution is 2.80. The first-order chi connectivity index (χ1) is 15.9. The molecule has 1 aromatic carbocycles. The molecule has 1 saturated heterocycles. The Kier molecular flexibility index (Phi) is 6.04. The fourth-order valence-electron chi connectivity index (χ4n) is 6.57. The molecule has 0 saturated carbocycles. The maximum absolute atomic E-state index is 14.9. The summed E-state index contributed by atoms with van der Waals surface area (Å²) in [6.07, 6.45) is -11.5. The number of hydrogen-bond donors (Lipinski definition) is 0. The summed E-state index contributed by atoms with van der Waals surface area (Å²) in [5.41, 5.74) is -8.76. The van der Waals surface area contributed by atoms with Crippen molar-refractivity contribution < 1.29 is 35.9 Å². The number of amides is 1. The third-order valence-corrected chi connectivity index (χ3v) is 7.59. The number of carbonyl (C=O) groups excluding carboxylic acids is 1. The van der Waals surface area contributed by atoms with Gasteiger partial charge in [0.2, 0.25) is 5.54 Å². The summed E-state index contributed by atoms with van der Waals surface area (Å²) in [5, 5.41) is 0. The summed E-state index contributed by atoms with van der Waals surface area (Å²) in [4.78, 5) is 14.0. The van der Waals surface area contributed by atoms with Crippen molar-refractivity contribution in [2.24, 2.45) is 22.2 Å². The molecule has 2 atom stereocenters. The molecule has 1 aromatic rings. The van der Waals surface area contributed by atoms with Crippen LogP contribution in [0, 0.1) is 22.2 Å². The third-order valence-electron chi connectivity index (χ3n) is 7.59. The molecular formula is C27H35F6NO2. The predicted octanol–water partition coefficient (Wildman–Crippen LogP) is 7.82. The van der Waals surface area contributed by atoms with E-state index in [1.165, 1.54) is 31.4 Å². The molecule has 0 bridgehead atoms. The van der Waals surface area contributed by atoms with Gasteiger partial charge in [0.05, 0.1) is 18.6 Å². The molecule has 1 heterocycles.